The fraction of sp³-hybridized carbons (Fsp3) is 0.311. The van der Waals surface area contributed by atoms with E-state index in [1.807, 2.05) is 212 Å². The molecule has 0 radical (unpaired) electrons. The lowest BCUT2D eigenvalue weighted by Gasteiger charge is -2.49. The van der Waals surface area contributed by atoms with E-state index < -0.39 is 61.4 Å². The first-order valence-electron chi connectivity index (χ1n) is 24.8. The van der Waals surface area contributed by atoms with E-state index in [9.17, 15) is 5.11 Å². The van der Waals surface area contributed by atoms with Crippen LogP contribution in [0, 0.1) is 0 Å². The van der Waals surface area contributed by atoms with Crippen LogP contribution >= 0.6 is 0 Å². The average Bonchev–Trinajstić information content (AvgIpc) is 3.43. The van der Waals surface area contributed by atoms with E-state index in [1.54, 1.807) is 0 Å². The lowest BCUT2D eigenvalue weighted by atomic mass is 9.95. The van der Waals surface area contributed by atoms with Gasteiger partial charge in [-0.2, -0.15) is 0 Å². The van der Waals surface area contributed by atoms with Crippen LogP contribution in [0.5, 0.6) is 0 Å². The molecular formula is C61H64O11. The van der Waals surface area contributed by atoms with Gasteiger partial charge < -0.3 is 52.5 Å². The normalized spacial score (nSPS) is 24.2. The smallest absolute Gasteiger partial charge is 0.187 e. The molecule has 9 rings (SSSR count). The first-order chi connectivity index (χ1) is 35.6. The number of aliphatic hydroxyl groups is 1. The predicted molar refractivity (Wildman–Crippen MR) is 272 cm³/mol. The molecule has 2 aliphatic heterocycles. The largest absolute Gasteiger partial charge is 0.374 e. The molecule has 1 N–H and O–H groups in total. The van der Waals surface area contributed by atoms with Gasteiger partial charge in [-0.1, -0.05) is 212 Å². The monoisotopic (exact) mass is 972 g/mol. The quantitative estimate of drug-likeness (QED) is 0.0591. The molecule has 7 aromatic rings. The summed E-state index contributed by atoms with van der Waals surface area (Å²) in [6.45, 7) is 1.93. The fourth-order valence-corrected chi connectivity index (χ4v) is 8.98. The molecule has 2 saturated heterocycles. The van der Waals surface area contributed by atoms with Crippen LogP contribution in [-0.4, -0.2) is 79.7 Å². The maximum absolute atomic E-state index is 12.1. The van der Waals surface area contributed by atoms with E-state index >= 15 is 0 Å². The summed E-state index contributed by atoms with van der Waals surface area (Å²) in [5, 5.41) is 12.1. The Morgan fingerprint density at radius 3 is 0.931 bits per heavy atom. The average molecular weight is 973 g/mol. The molecule has 0 aliphatic carbocycles. The number of benzene rings is 7. The number of rotatable bonds is 25. The first kappa shape index (κ1) is 51.0. The van der Waals surface area contributed by atoms with Crippen molar-refractivity contribution in [1.29, 1.82) is 0 Å². The van der Waals surface area contributed by atoms with Crippen molar-refractivity contribution in [2.24, 2.45) is 0 Å². The maximum Gasteiger partial charge on any atom is 0.187 e. The third-order valence-corrected chi connectivity index (χ3v) is 12.7. The van der Waals surface area contributed by atoms with E-state index in [1.165, 1.54) is 0 Å². The van der Waals surface area contributed by atoms with Crippen molar-refractivity contribution in [3.05, 3.63) is 251 Å². The van der Waals surface area contributed by atoms with Gasteiger partial charge in [0, 0.05) is 0 Å². The van der Waals surface area contributed by atoms with Crippen LogP contribution < -0.4 is 0 Å². The number of hydrogen-bond donors (Lipinski definition) is 1. The van der Waals surface area contributed by atoms with Crippen molar-refractivity contribution in [1.82, 2.24) is 0 Å². The van der Waals surface area contributed by atoms with E-state index in [0.29, 0.717) is 13.2 Å². The summed E-state index contributed by atoms with van der Waals surface area (Å²) < 4.78 is 68.6. The zero-order chi connectivity index (χ0) is 49.0. The molecule has 0 spiro atoms. The zero-order valence-electron chi connectivity index (χ0n) is 40.4. The molecule has 2 heterocycles. The minimum atomic E-state index is -1.45. The Kier molecular flexibility index (Phi) is 19.3. The molecule has 0 saturated carbocycles. The molecule has 0 aromatic heterocycles. The van der Waals surface area contributed by atoms with Gasteiger partial charge in [0.2, 0.25) is 0 Å². The summed E-state index contributed by atoms with van der Waals surface area (Å²) in [6.07, 6.45) is -9.47. The Hall–Kier alpha value is -5.90. The molecule has 11 heteroatoms. The third-order valence-electron chi connectivity index (χ3n) is 12.7. The van der Waals surface area contributed by atoms with Gasteiger partial charge in [0.05, 0.1) is 59.5 Å². The second kappa shape index (κ2) is 27.2. The number of hydrogen-bond acceptors (Lipinski definition) is 11. The second-order valence-electron chi connectivity index (χ2n) is 18.0. The van der Waals surface area contributed by atoms with Crippen LogP contribution in [0.2, 0.25) is 0 Å². The van der Waals surface area contributed by atoms with Crippen LogP contribution in [0.15, 0.2) is 212 Å². The minimum Gasteiger partial charge on any atom is -0.374 e. The van der Waals surface area contributed by atoms with Gasteiger partial charge in [-0.3, -0.25) is 0 Å². The van der Waals surface area contributed by atoms with Crippen LogP contribution in [0.25, 0.3) is 0 Å². The van der Waals surface area contributed by atoms with E-state index in [2.05, 4.69) is 0 Å². The number of ether oxygens (including phenoxy) is 10. The second-order valence-corrected chi connectivity index (χ2v) is 18.0. The van der Waals surface area contributed by atoms with Gasteiger partial charge in [0.25, 0.3) is 0 Å². The topological polar surface area (TPSA) is 113 Å². The summed E-state index contributed by atoms with van der Waals surface area (Å²) in [5.74, 6) is 0. The van der Waals surface area contributed by atoms with Crippen molar-refractivity contribution >= 4 is 0 Å². The predicted octanol–water partition coefficient (Wildman–Crippen LogP) is 10.2. The molecule has 7 aromatic carbocycles. The van der Waals surface area contributed by atoms with Gasteiger partial charge in [-0.25, -0.2) is 0 Å². The highest BCUT2D eigenvalue weighted by Crippen LogP contribution is 2.36. The van der Waals surface area contributed by atoms with Crippen molar-refractivity contribution in [2.75, 3.05) is 13.2 Å². The molecular weight excluding hydrogens is 909 g/mol. The Morgan fingerprint density at radius 2 is 0.569 bits per heavy atom. The Labute approximate surface area is 423 Å². The van der Waals surface area contributed by atoms with Crippen molar-refractivity contribution < 1.29 is 52.5 Å². The lowest BCUT2D eigenvalue weighted by Crippen LogP contribution is -2.66. The maximum atomic E-state index is 12.1. The summed E-state index contributed by atoms with van der Waals surface area (Å²) in [4.78, 5) is 0. The van der Waals surface area contributed by atoms with Crippen molar-refractivity contribution in [3.8, 4) is 0 Å². The highest BCUT2D eigenvalue weighted by Gasteiger charge is 2.54. The Bertz CT molecular complexity index is 2550. The fourth-order valence-electron chi connectivity index (χ4n) is 8.98. The standard InChI is InChI=1S/C61H64O11/c62-60-58(68-41-50-32-18-6-19-33-50)57(55(66-39-48-28-14-4-15-29-48)52(70-60)43-63-36-45-22-8-1-9-23-45)72-61-59(69-42-51-34-20-7-21-35-51)56(67-40-49-30-16-5-17-31-49)54(65-38-47-26-12-3-13-27-47)53(71-61)44-64-37-46-24-10-2-11-25-46/h1-35,52-62H,36-44H2/t52-,53-,54-,55+,56+,57+,58-,59-,60-,61-/m1/s1. The SMILES string of the molecule is O[C@@H]1O[C@H](COCc2ccccc2)[C@H](OCc2ccccc2)[C@H](O[C@H]2O[C@H](COCc3ccccc3)[C@@H](OCc3ccccc3)[C@H](OCc3ccccc3)[C@H]2OCc2ccccc2)[C@H]1OCc1ccccc1. The van der Waals surface area contributed by atoms with Crippen LogP contribution in [0.4, 0.5) is 0 Å². The lowest BCUT2D eigenvalue weighted by molar-refractivity contribution is -0.375. The molecule has 0 amide bonds. The molecule has 11 nitrogen and oxygen atoms in total. The summed E-state index contributed by atoms with van der Waals surface area (Å²) >= 11 is 0. The first-order valence-corrected chi connectivity index (χ1v) is 24.8. The summed E-state index contributed by atoms with van der Waals surface area (Å²) in [7, 11) is 0. The highest BCUT2D eigenvalue weighted by atomic mass is 16.7. The molecule has 72 heavy (non-hydrogen) atoms. The minimum absolute atomic E-state index is 0.0737. The van der Waals surface area contributed by atoms with Crippen molar-refractivity contribution in [3.63, 3.8) is 0 Å². The molecule has 0 unspecified atom stereocenters. The van der Waals surface area contributed by atoms with Gasteiger partial charge in [-0.15, -0.1) is 0 Å². The van der Waals surface area contributed by atoms with E-state index in [-0.39, 0.29) is 46.2 Å². The molecule has 374 valence electrons. The molecule has 0 bridgehead atoms. The Balaban J connectivity index is 1.10. The van der Waals surface area contributed by atoms with Crippen LogP contribution in [0.1, 0.15) is 38.9 Å². The zero-order valence-corrected chi connectivity index (χ0v) is 40.4. The van der Waals surface area contributed by atoms with Crippen LogP contribution in [-0.2, 0) is 93.6 Å². The van der Waals surface area contributed by atoms with E-state index in [0.717, 1.165) is 38.9 Å². The van der Waals surface area contributed by atoms with Gasteiger partial charge in [0.15, 0.2) is 12.6 Å². The summed E-state index contributed by atoms with van der Waals surface area (Å²) in [6, 6.07) is 69.6. The molecule has 10 atom stereocenters. The highest BCUT2D eigenvalue weighted by molar-refractivity contribution is 5.19. The van der Waals surface area contributed by atoms with Gasteiger partial charge in [0.1, 0.15) is 48.8 Å². The van der Waals surface area contributed by atoms with Crippen LogP contribution in [0.3, 0.4) is 0 Å². The molecule has 2 aliphatic rings. The summed E-state index contributed by atoms with van der Waals surface area (Å²) in [5.41, 5.74) is 6.74. The molecule has 2 fully saturated rings. The van der Waals surface area contributed by atoms with Gasteiger partial charge in [-0.05, 0) is 38.9 Å². The van der Waals surface area contributed by atoms with E-state index in [4.69, 9.17) is 47.4 Å². The third kappa shape index (κ3) is 14.8. The van der Waals surface area contributed by atoms with Gasteiger partial charge >= 0.3 is 0 Å². The van der Waals surface area contributed by atoms with Crippen molar-refractivity contribution in [2.45, 2.75) is 108 Å². The number of aliphatic hydroxyl groups excluding tert-OH is 1. The Morgan fingerprint density at radius 1 is 0.292 bits per heavy atom.